The number of nitrogens with zero attached hydrogens (tertiary/aromatic N) is 3. The standard InChI is InChI=1S/C19H17FN4O2S/c1-21-18-11-22-13(10-23-18)4-2-3-5-19-24-16-7-6-15(8-17(16)27-19)26-12-14(25)9-20/h3,5-8,10-11,14,25H,9,12H2,1H3,(H,21,23)/b5-3+/t14-/m1/s1. The van der Waals surface area contributed by atoms with Crippen molar-refractivity contribution in [2.75, 3.05) is 25.6 Å². The molecule has 8 heteroatoms. The Labute approximate surface area is 159 Å². The van der Waals surface area contributed by atoms with Crippen molar-refractivity contribution in [3.05, 3.63) is 47.4 Å². The molecule has 3 aromatic rings. The highest BCUT2D eigenvalue weighted by molar-refractivity contribution is 7.19. The molecule has 2 heterocycles. The van der Waals surface area contributed by atoms with Gasteiger partial charge in [0, 0.05) is 7.05 Å². The van der Waals surface area contributed by atoms with E-state index in [1.54, 1.807) is 31.6 Å². The normalized spacial score (nSPS) is 12.0. The van der Waals surface area contributed by atoms with E-state index in [0.717, 1.165) is 15.2 Å². The van der Waals surface area contributed by atoms with Gasteiger partial charge in [0.05, 0.1) is 22.6 Å². The Morgan fingerprint density at radius 3 is 3.00 bits per heavy atom. The molecule has 0 amide bonds. The van der Waals surface area contributed by atoms with Crippen molar-refractivity contribution in [1.29, 1.82) is 0 Å². The predicted octanol–water partition coefficient (Wildman–Crippen LogP) is 2.90. The zero-order valence-electron chi connectivity index (χ0n) is 14.5. The van der Waals surface area contributed by atoms with Crippen LogP contribution in [-0.4, -0.2) is 46.5 Å². The van der Waals surface area contributed by atoms with Gasteiger partial charge in [-0.2, -0.15) is 0 Å². The molecule has 0 aliphatic carbocycles. The molecular formula is C19H17FN4O2S. The van der Waals surface area contributed by atoms with Crippen LogP contribution in [0.15, 0.2) is 36.7 Å². The number of rotatable bonds is 6. The summed E-state index contributed by atoms with van der Waals surface area (Å²) in [6.07, 6.45) is 5.64. The molecule has 0 saturated carbocycles. The second kappa shape index (κ2) is 9.07. The lowest BCUT2D eigenvalue weighted by Crippen LogP contribution is -2.19. The number of aliphatic hydroxyl groups excluding tert-OH is 1. The summed E-state index contributed by atoms with van der Waals surface area (Å²) < 4.78 is 18.6. The Bertz CT molecular complexity index is 992. The van der Waals surface area contributed by atoms with Crippen molar-refractivity contribution in [2.24, 2.45) is 0 Å². The van der Waals surface area contributed by atoms with Gasteiger partial charge in [0.15, 0.2) is 0 Å². The maximum atomic E-state index is 12.3. The van der Waals surface area contributed by atoms with E-state index in [-0.39, 0.29) is 6.61 Å². The molecule has 0 unspecified atom stereocenters. The summed E-state index contributed by atoms with van der Waals surface area (Å²) in [7, 11) is 1.78. The first-order valence-corrected chi connectivity index (χ1v) is 8.95. The molecule has 2 aromatic heterocycles. The van der Waals surface area contributed by atoms with Crippen LogP contribution < -0.4 is 10.1 Å². The van der Waals surface area contributed by atoms with Gasteiger partial charge in [-0.1, -0.05) is 5.92 Å². The molecule has 138 valence electrons. The summed E-state index contributed by atoms with van der Waals surface area (Å²) >= 11 is 1.48. The summed E-state index contributed by atoms with van der Waals surface area (Å²) in [5.41, 5.74) is 1.42. The van der Waals surface area contributed by atoms with Gasteiger partial charge in [-0.25, -0.2) is 19.3 Å². The van der Waals surface area contributed by atoms with Crippen LogP contribution in [-0.2, 0) is 0 Å². The molecule has 27 heavy (non-hydrogen) atoms. The fourth-order valence-electron chi connectivity index (χ4n) is 2.07. The fourth-order valence-corrected chi connectivity index (χ4v) is 2.97. The summed E-state index contributed by atoms with van der Waals surface area (Å²) in [5.74, 6) is 7.07. The molecule has 0 aliphatic rings. The highest BCUT2D eigenvalue weighted by Gasteiger charge is 2.06. The Morgan fingerprint density at radius 1 is 1.37 bits per heavy atom. The Kier molecular flexibility index (Phi) is 6.30. The fraction of sp³-hybridized carbons (Fsp3) is 0.211. The van der Waals surface area contributed by atoms with E-state index in [1.165, 1.54) is 11.3 Å². The van der Waals surface area contributed by atoms with Gasteiger partial charge >= 0.3 is 0 Å². The summed E-state index contributed by atoms with van der Waals surface area (Å²) in [6.45, 7) is -0.911. The van der Waals surface area contributed by atoms with E-state index in [1.807, 2.05) is 18.2 Å². The third-order valence-electron chi connectivity index (χ3n) is 3.41. The van der Waals surface area contributed by atoms with Gasteiger partial charge in [-0.15, -0.1) is 11.3 Å². The molecule has 6 nitrogen and oxygen atoms in total. The van der Waals surface area contributed by atoms with Crippen LogP contribution in [0.25, 0.3) is 16.3 Å². The van der Waals surface area contributed by atoms with Gasteiger partial charge in [0.1, 0.15) is 41.7 Å². The smallest absolute Gasteiger partial charge is 0.144 e. The number of benzene rings is 1. The van der Waals surface area contributed by atoms with E-state index < -0.39 is 12.8 Å². The molecule has 3 rings (SSSR count). The minimum Gasteiger partial charge on any atom is -0.491 e. The van der Waals surface area contributed by atoms with E-state index in [2.05, 4.69) is 32.1 Å². The number of aliphatic hydroxyl groups is 1. The van der Waals surface area contributed by atoms with Crippen LogP contribution >= 0.6 is 11.3 Å². The zero-order valence-corrected chi connectivity index (χ0v) is 15.3. The first-order valence-electron chi connectivity index (χ1n) is 8.13. The Morgan fingerprint density at radius 2 is 2.26 bits per heavy atom. The molecule has 1 atom stereocenters. The van der Waals surface area contributed by atoms with Crippen molar-refractivity contribution in [3.63, 3.8) is 0 Å². The molecule has 0 radical (unpaired) electrons. The second-order valence-electron chi connectivity index (χ2n) is 5.44. The third kappa shape index (κ3) is 5.23. The van der Waals surface area contributed by atoms with Crippen molar-refractivity contribution in [1.82, 2.24) is 15.0 Å². The number of nitrogens with one attached hydrogen (secondary N) is 1. The molecule has 0 spiro atoms. The number of hydrogen-bond donors (Lipinski definition) is 2. The van der Waals surface area contributed by atoms with Crippen LogP contribution in [0.5, 0.6) is 5.75 Å². The quantitative estimate of drug-likeness (QED) is 0.636. The number of halogens is 1. The molecule has 0 aliphatic heterocycles. The predicted molar refractivity (Wildman–Crippen MR) is 105 cm³/mol. The molecule has 2 N–H and O–H groups in total. The van der Waals surface area contributed by atoms with Crippen molar-refractivity contribution in [3.8, 4) is 17.6 Å². The van der Waals surface area contributed by atoms with Crippen LogP contribution in [0.3, 0.4) is 0 Å². The largest absolute Gasteiger partial charge is 0.491 e. The average molecular weight is 384 g/mol. The van der Waals surface area contributed by atoms with Gasteiger partial charge in [0.2, 0.25) is 0 Å². The second-order valence-corrected chi connectivity index (χ2v) is 6.50. The lowest BCUT2D eigenvalue weighted by Gasteiger charge is -2.08. The highest BCUT2D eigenvalue weighted by Crippen LogP contribution is 2.27. The molecular weight excluding hydrogens is 367 g/mol. The molecule has 1 aromatic carbocycles. The highest BCUT2D eigenvalue weighted by atomic mass is 32.1. The number of hydrogen-bond acceptors (Lipinski definition) is 7. The van der Waals surface area contributed by atoms with Crippen LogP contribution in [0.2, 0.25) is 0 Å². The Hall–Kier alpha value is -3.02. The van der Waals surface area contributed by atoms with E-state index in [9.17, 15) is 9.50 Å². The van der Waals surface area contributed by atoms with E-state index in [4.69, 9.17) is 4.74 Å². The minimum atomic E-state index is -1.11. The van der Waals surface area contributed by atoms with Crippen LogP contribution in [0.4, 0.5) is 10.2 Å². The molecule has 0 fully saturated rings. The maximum Gasteiger partial charge on any atom is 0.144 e. The minimum absolute atomic E-state index is 0.0820. The summed E-state index contributed by atoms with van der Waals surface area (Å²) in [6, 6.07) is 5.39. The lowest BCUT2D eigenvalue weighted by atomic mass is 10.3. The summed E-state index contributed by atoms with van der Waals surface area (Å²) in [4.78, 5) is 12.8. The van der Waals surface area contributed by atoms with E-state index >= 15 is 0 Å². The first kappa shape index (κ1) is 18.8. The van der Waals surface area contributed by atoms with Crippen molar-refractivity contribution < 1.29 is 14.2 Å². The van der Waals surface area contributed by atoms with Crippen LogP contribution in [0.1, 0.15) is 10.7 Å². The lowest BCUT2D eigenvalue weighted by molar-refractivity contribution is 0.0842. The third-order valence-corrected chi connectivity index (χ3v) is 4.40. The number of fused-ring (bicyclic) bond motifs is 1. The summed E-state index contributed by atoms with van der Waals surface area (Å²) in [5, 5.41) is 12.9. The van der Waals surface area contributed by atoms with Gasteiger partial charge < -0.3 is 15.2 Å². The van der Waals surface area contributed by atoms with Crippen LogP contribution in [0, 0.1) is 11.8 Å². The number of aromatic nitrogens is 3. The molecule has 0 bridgehead atoms. The zero-order chi connectivity index (χ0) is 19.1. The SMILES string of the molecule is CNc1cnc(C#C/C=C/c2nc3ccc(OC[C@H](O)CF)cc3s2)cn1. The number of anilines is 1. The first-order chi connectivity index (χ1) is 13.2. The number of thiazole rings is 1. The number of alkyl halides is 1. The van der Waals surface area contributed by atoms with Gasteiger partial charge in [-0.3, -0.25) is 0 Å². The number of ether oxygens (including phenoxy) is 1. The van der Waals surface area contributed by atoms with Gasteiger partial charge in [0.25, 0.3) is 0 Å². The van der Waals surface area contributed by atoms with Crippen molar-refractivity contribution >= 4 is 33.4 Å². The topological polar surface area (TPSA) is 80.2 Å². The maximum absolute atomic E-state index is 12.3. The molecule has 0 saturated heterocycles. The monoisotopic (exact) mass is 384 g/mol. The van der Waals surface area contributed by atoms with Crippen molar-refractivity contribution in [2.45, 2.75) is 6.10 Å². The average Bonchev–Trinajstić information content (AvgIpc) is 3.11. The van der Waals surface area contributed by atoms with Gasteiger partial charge in [-0.05, 0) is 36.3 Å². The Balaban J connectivity index is 1.66. The van der Waals surface area contributed by atoms with E-state index in [0.29, 0.717) is 17.3 Å². The number of allylic oxidation sites excluding steroid dienone is 1.